The molecule has 1 saturated carbocycles. The highest BCUT2D eigenvalue weighted by Gasteiger charge is 2.24. The zero-order valence-corrected chi connectivity index (χ0v) is 8.12. The Labute approximate surface area is 83.6 Å². The molecular weight excluding hydrogens is 179 g/mol. The van der Waals surface area contributed by atoms with Gasteiger partial charge in [-0.2, -0.15) is 0 Å². The van der Waals surface area contributed by atoms with E-state index in [-0.39, 0.29) is 5.82 Å². The Morgan fingerprint density at radius 3 is 2.29 bits per heavy atom. The van der Waals surface area contributed by atoms with Gasteiger partial charge >= 0.3 is 0 Å². The molecule has 1 fully saturated rings. The first kappa shape index (κ1) is 9.66. The molecule has 1 aliphatic rings. The molecule has 0 saturated heterocycles. The maximum absolute atomic E-state index is 12.6. The molecule has 1 aromatic carbocycles. The van der Waals surface area contributed by atoms with Crippen molar-refractivity contribution >= 4 is 0 Å². The van der Waals surface area contributed by atoms with Crippen molar-refractivity contribution < 1.29 is 9.50 Å². The van der Waals surface area contributed by atoms with Crippen LogP contribution in [0.4, 0.5) is 4.39 Å². The fourth-order valence-electron chi connectivity index (χ4n) is 2.21. The van der Waals surface area contributed by atoms with Crippen LogP contribution in [0.2, 0.25) is 0 Å². The maximum atomic E-state index is 12.6. The molecule has 0 aliphatic heterocycles. The van der Waals surface area contributed by atoms with Gasteiger partial charge in [0, 0.05) is 0 Å². The van der Waals surface area contributed by atoms with Gasteiger partial charge in [-0.1, -0.05) is 25.0 Å². The second-order valence-corrected chi connectivity index (χ2v) is 4.04. The Kier molecular flexibility index (Phi) is 2.82. The molecule has 0 amide bonds. The molecule has 0 bridgehead atoms. The summed E-state index contributed by atoms with van der Waals surface area (Å²) in [6.07, 6.45) is 4.21. The van der Waals surface area contributed by atoms with Crippen LogP contribution in [0, 0.1) is 11.7 Å². The molecule has 1 N–H and O–H groups in total. The Bertz CT molecular complexity index is 288. The van der Waals surface area contributed by atoms with Crippen molar-refractivity contribution in [1.82, 2.24) is 0 Å². The first-order chi connectivity index (χ1) is 6.77. The van der Waals surface area contributed by atoms with Crippen molar-refractivity contribution in [3.63, 3.8) is 0 Å². The van der Waals surface area contributed by atoms with Gasteiger partial charge in [0.25, 0.3) is 0 Å². The van der Waals surface area contributed by atoms with Gasteiger partial charge in [0.05, 0.1) is 6.10 Å². The predicted molar refractivity (Wildman–Crippen MR) is 53.3 cm³/mol. The molecule has 1 aromatic rings. The third kappa shape index (κ3) is 1.95. The maximum Gasteiger partial charge on any atom is 0.123 e. The minimum Gasteiger partial charge on any atom is -0.388 e. The zero-order valence-electron chi connectivity index (χ0n) is 8.12. The van der Waals surface area contributed by atoms with Gasteiger partial charge in [-0.3, -0.25) is 0 Å². The van der Waals surface area contributed by atoms with Crippen LogP contribution >= 0.6 is 0 Å². The lowest BCUT2D eigenvalue weighted by molar-refractivity contribution is 0.111. The van der Waals surface area contributed by atoms with E-state index in [4.69, 9.17) is 0 Å². The Morgan fingerprint density at radius 1 is 1.14 bits per heavy atom. The van der Waals surface area contributed by atoms with Crippen LogP contribution in [0.25, 0.3) is 0 Å². The van der Waals surface area contributed by atoms with Gasteiger partial charge in [0.15, 0.2) is 0 Å². The Hall–Kier alpha value is -0.890. The van der Waals surface area contributed by atoms with Gasteiger partial charge in [-0.25, -0.2) is 4.39 Å². The minimum absolute atomic E-state index is 0.243. The lowest BCUT2D eigenvalue weighted by Crippen LogP contribution is -2.08. The van der Waals surface area contributed by atoms with Gasteiger partial charge in [0.2, 0.25) is 0 Å². The number of benzene rings is 1. The van der Waals surface area contributed by atoms with Gasteiger partial charge in [-0.15, -0.1) is 0 Å². The van der Waals surface area contributed by atoms with Crippen LogP contribution in [0.3, 0.4) is 0 Å². The fourth-order valence-corrected chi connectivity index (χ4v) is 2.21. The number of rotatable bonds is 2. The van der Waals surface area contributed by atoms with Gasteiger partial charge < -0.3 is 5.11 Å². The summed E-state index contributed by atoms with van der Waals surface area (Å²) in [5.41, 5.74) is 0.846. The van der Waals surface area contributed by atoms with E-state index >= 15 is 0 Å². The number of hydrogen-bond donors (Lipinski definition) is 1. The standard InChI is InChI=1S/C12H15FO/c13-11-7-5-10(6-8-11)12(14)9-3-1-2-4-9/h5-9,12,14H,1-4H2. The first-order valence-electron chi connectivity index (χ1n) is 5.21. The lowest BCUT2D eigenvalue weighted by Gasteiger charge is -2.17. The second kappa shape index (κ2) is 4.09. The molecule has 2 rings (SSSR count). The molecular formula is C12H15FO. The van der Waals surface area contributed by atoms with Crippen molar-refractivity contribution in [3.8, 4) is 0 Å². The molecule has 1 atom stereocenters. The fraction of sp³-hybridized carbons (Fsp3) is 0.500. The average molecular weight is 194 g/mol. The van der Waals surface area contributed by atoms with Crippen LogP contribution in [0.5, 0.6) is 0 Å². The summed E-state index contributed by atoms with van der Waals surface area (Å²) in [6.45, 7) is 0. The van der Waals surface area contributed by atoms with E-state index in [1.165, 1.54) is 25.0 Å². The molecule has 14 heavy (non-hydrogen) atoms. The van der Waals surface area contributed by atoms with Crippen LogP contribution in [-0.2, 0) is 0 Å². The van der Waals surface area contributed by atoms with E-state index in [2.05, 4.69) is 0 Å². The van der Waals surface area contributed by atoms with Crippen molar-refractivity contribution in [2.45, 2.75) is 31.8 Å². The van der Waals surface area contributed by atoms with E-state index in [0.29, 0.717) is 5.92 Å². The average Bonchev–Trinajstić information content (AvgIpc) is 2.71. The van der Waals surface area contributed by atoms with Crippen LogP contribution in [0.1, 0.15) is 37.4 Å². The smallest absolute Gasteiger partial charge is 0.123 e. The molecule has 0 spiro atoms. The van der Waals surface area contributed by atoms with Crippen molar-refractivity contribution in [2.24, 2.45) is 5.92 Å². The lowest BCUT2D eigenvalue weighted by atomic mass is 9.94. The highest BCUT2D eigenvalue weighted by Crippen LogP contribution is 2.35. The molecule has 0 aromatic heterocycles. The topological polar surface area (TPSA) is 20.2 Å². The molecule has 1 nitrogen and oxygen atoms in total. The Balaban J connectivity index is 2.09. The summed E-state index contributed by atoms with van der Waals surface area (Å²) in [7, 11) is 0. The third-order valence-electron chi connectivity index (χ3n) is 3.06. The van der Waals surface area contributed by atoms with Crippen molar-refractivity contribution in [3.05, 3.63) is 35.6 Å². The van der Waals surface area contributed by atoms with Crippen LogP contribution in [0.15, 0.2) is 24.3 Å². The monoisotopic (exact) mass is 194 g/mol. The van der Waals surface area contributed by atoms with E-state index in [0.717, 1.165) is 18.4 Å². The predicted octanol–water partition coefficient (Wildman–Crippen LogP) is 3.05. The number of aliphatic hydroxyl groups is 1. The second-order valence-electron chi connectivity index (χ2n) is 4.04. The normalized spacial score (nSPS) is 19.9. The highest BCUT2D eigenvalue weighted by atomic mass is 19.1. The zero-order chi connectivity index (χ0) is 9.97. The molecule has 0 heterocycles. The van der Waals surface area contributed by atoms with E-state index < -0.39 is 6.10 Å². The summed E-state index contributed by atoms with van der Waals surface area (Å²) >= 11 is 0. The summed E-state index contributed by atoms with van der Waals surface area (Å²) in [4.78, 5) is 0. The molecule has 2 heteroatoms. The molecule has 1 aliphatic carbocycles. The third-order valence-corrected chi connectivity index (χ3v) is 3.06. The van der Waals surface area contributed by atoms with E-state index in [1.54, 1.807) is 12.1 Å². The van der Waals surface area contributed by atoms with E-state index in [1.807, 2.05) is 0 Å². The summed E-state index contributed by atoms with van der Waals surface area (Å²) < 4.78 is 12.6. The molecule has 0 radical (unpaired) electrons. The van der Waals surface area contributed by atoms with Crippen LogP contribution in [-0.4, -0.2) is 5.11 Å². The summed E-state index contributed by atoms with van der Waals surface area (Å²) in [6, 6.07) is 6.18. The number of hydrogen-bond acceptors (Lipinski definition) is 1. The summed E-state index contributed by atoms with van der Waals surface area (Å²) in [5.74, 6) is 0.132. The highest BCUT2D eigenvalue weighted by molar-refractivity contribution is 5.19. The largest absolute Gasteiger partial charge is 0.388 e. The minimum atomic E-state index is -0.405. The molecule has 76 valence electrons. The SMILES string of the molecule is OC(c1ccc(F)cc1)C1CCCC1. The van der Waals surface area contributed by atoms with Crippen molar-refractivity contribution in [1.29, 1.82) is 0 Å². The molecule has 1 unspecified atom stereocenters. The van der Waals surface area contributed by atoms with Gasteiger partial charge in [0.1, 0.15) is 5.82 Å². The Morgan fingerprint density at radius 2 is 1.71 bits per heavy atom. The van der Waals surface area contributed by atoms with Crippen molar-refractivity contribution in [2.75, 3.05) is 0 Å². The first-order valence-corrected chi connectivity index (χ1v) is 5.21. The van der Waals surface area contributed by atoms with Crippen LogP contribution < -0.4 is 0 Å². The number of halogens is 1. The van der Waals surface area contributed by atoms with E-state index in [9.17, 15) is 9.50 Å². The quantitative estimate of drug-likeness (QED) is 0.767. The number of aliphatic hydroxyl groups excluding tert-OH is 1. The van der Waals surface area contributed by atoms with Gasteiger partial charge in [-0.05, 0) is 36.5 Å². The summed E-state index contributed by atoms with van der Waals surface area (Å²) in [5, 5.41) is 9.99.